The standard InChI is InChI=1S/C43H59N17O8/c1-56-20-19-46-36(56)42(67)50-27-21-29(57(2)23-27)39(64)47-18-13-35(63)53-32-26-60(5)38(55-32)43(68)51-28-22-30(58(3)24-28)40(65)48-17-12-34(62)52-31-25-59(4)37(54-31)41(66)49-16-11-33(61)45-15-10-8-6-7-9-14-44/h19-26H,6-18,44H2,1-5H3,(H,45,61)(H,47,64)(H,48,65)(H,49,66)(H,50,67)(H,51,68)(H,52,62)(H,53,63). The van der Waals surface area contributed by atoms with Gasteiger partial charge in [-0.2, -0.15) is 0 Å². The Labute approximate surface area is 391 Å². The number of hydrogen-bond acceptors (Lipinski definition) is 12. The Morgan fingerprint density at radius 3 is 1.43 bits per heavy atom. The number of imidazole rings is 3. The molecular formula is C43H59N17O8. The van der Waals surface area contributed by atoms with Crippen molar-refractivity contribution < 1.29 is 38.4 Å². The second-order valence-electron chi connectivity index (χ2n) is 15.9. The molecule has 5 aromatic rings. The number of anilines is 4. The van der Waals surface area contributed by atoms with Crippen molar-refractivity contribution in [1.82, 2.24) is 59.1 Å². The molecule has 10 N–H and O–H groups in total. The van der Waals surface area contributed by atoms with Crippen LogP contribution >= 0.6 is 0 Å². The maximum Gasteiger partial charge on any atom is 0.291 e. The summed E-state index contributed by atoms with van der Waals surface area (Å²) in [6.07, 6.45) is 14.1. The fourth-order valence-electron chi connectivity index (χ4n) is 6.81. The lowest BCUT2D eigenvalue weighted by atomic mass is 10.1. The summed E-state index contributed by atoms with van der Waals surface area (Å²) < 4.78 is 7.45. The van der Waals surface area contributed by atoms with E-state index in [-0.39, 0.29) is 91.0 Å². The van der Waals surface area contributed by atoms with E-state index in [0.29, 0.717) is 18.8 Å². The highest BCUT2D eigenvalue weighted by Gasteiger charge is 2.21. The van der Waals surface area contributed by atoms with Crippen LogP contribution in [0.1, 0.15) is 104 Å². The zero-order chi connectivity index (χ0) is 49.3. The third-order valence-electron chi connectivity index (χ3n) is 10.3. The third kappa shape index (κ3) is 14.7. The number of rotatable bonds is 25. The van der Waals surface area contributed by atoms with Gasteiger partial charge in [-0.25, -0.2) is 15.0 Å². The number of nitrogens with zero attached hydrogens (tertiary/aromatic N) is 8. The van der Waals surface area contributed by atoms with Crippen molar-refractivity contribution in [1.29, 1.82) is 0 Å². The molecular weight excluding hydrogens is 883 g/mol. The third-order valence-corrected chi connectivity index (χ3v) is 10.3. The van der Waals surface area contributed by atoms with Gasteiger partial charge in [0.2, 0.25) is 29.4 Å². The van der Waals surface area contributed by atoms with Crippen LogP contribution in [0.2, 0.25) is 0 Å². The summed E-state index contributed by atoms with van der Waals surface area (Å²) in [6.45, 7) is 1.32. The molecule has 0 saturated carbocycles. The van der Waals surface area contributed by atoms with Gasteiger partial charge < -0.3 is 71.1 Å². The largest absolute Gasteiger partial charge is 0.356 e. The van der Waals surface area contributed by atoms with E-state index in [1.807, 2.05) is 0 Å². The summed E-state index contributed by atoms with van der Waals surface area (Å²) in [6, 6.07) is 2.95. The van der Waals surface area contributed by atoms with Gasteiger partial charge in [-0.05, 0) is 31.5 Å². The van der Waals surface area contributed by atoms with Crippen LogP contribution in [0, 0.1) is 0 Å². The number of aromatic nitrogens is 8. The zero-order valence-corrected chi connectivity index (χ0v) is 38.7. The van der Waals surface area contributed by atoms with E-state index in [1.165, 1.54) is 55.2 Å². The van der Waals surface area contributed by atoms with Crippen molar-refractivity contribution in [2.45, 2.75) is 51.4 Å². The van der Waals surface area contributed by atoms with Gasteiger partial charge in [0.15, 0.2) is 17.5 Å². The van der Waals surface area contributed by atoms with Crippen LogP contribution in [-0.2, 0) is 49.6 Å². The molecule has 0 spiro atoms. The minimum Gasteiger partial charge on any atom is -0.356 e. The van der Waals surface area contributed by atoms with E-state index in [4.69, 9.17) is 5.73 Å². The number of nitrogens with one attached hydrogen (secondary N) is 8. The molecule has 0 bridgehead atoms. The fourth-order valence-corrected chi connectivity index (χ4v) is 6.81. The summed E-state index contributed by atoms with van der Waals surface area (Å²) in [5, 5.41) is 21.4. The van der Waals surface area contributed by atoms with Crippen LogP contribution < -0.4 is 48.3 Å². The number of hydrogen-bond donors (Lipinski definition) is 9. The molecule has 0 aliphatic carbocycles. The van der Waals surface area contributed by atoms with Crippen molar-refractivity contribution in [3.05, 3.63) is 78.2 Å². The Morgan fingerprint density at radius 2 is 0.926 bits per heavy atom. The molecule has 8 amide bonds. The van der Waals surface area contributed by atoms with Crippen molar-refractivity contribution in [2.75, 3.05) is 54.0 Å². The van der Waals surface area contributed by atoms with E-state index in [2.05, 4.69) is 57.5 Å². The average molecular weight is 942 g/mol. The molecule has 0 atom stereocenters. The van der Waals surface area contributed by atoms with E-state index in [9.17, 15) is 38.4 Å². The molecule has 68 heavy (non-hydrogen) atoms. The van der Waals surface area contributed by atoms with Gasteiger partial charge in [0, 0.05) is 118 Å². The molecule has 5 rings (SSSR count). The maximum atomic E-state index is 13.2. The maximum absolute atomic E-state index is 13.2. The normalized spacial score (nSPS) is 10.9. The molecule has 5 aromatic heterocycles. The number of aryl methyl sites for hydroxylation is 5. The van der Waals surface area contributed by atoms with Gasteiger partial charge in [0.05, 0.1) is 11.4 Å². The lowest BCUT2D eigenvalue weighted by Crippen LogP contribution is -2.32. The number of nitrogens with two attached hydrogens (primary N) is 1. The number of amides is 8. The van der Waals surface area contributed by atoms with E-state index >= 15 is 0 Å². The van der Waals surface area contributed by atoms with Crippen LogP contribution in [0.15, 0.2) is 49.3 Å². The second kappa shape index (κ2) is 24.4. The molecule has 0 aliphatic heterocycles. The topological polar surface area (TPSA) is 322 Å². The summed E-state index contributed by atoms with van der Waals surface area (Å²) >= 11 is 0. The summed E-state index contributed by atoms with van der Waals surface area (Å²) in [4.78, 5) is 114. The number of unbranched alkanes of at least 4 members (excludes halogenated alkanes) is 4. The first-order valence-electron chi connectivity index (χ1n) is 21.9. The van der Waals surface area contributed by atoms with Gasteiger partial charge in [0.1, 0.15) is 11.4 Å². The highest BCUT2D eigenvalue weighted by Crippen LogP contribution is 2.17. The molecule has 0 saturated heterocycles. The van der Waals surface area contributed by atoms with Crippen molar-refractivity contribution in [3.8, 4) is 0 Å². The van der Waals surface area contributed by atoms with Gasteiger partial charge in [0.25, 0.3) is 29.5 Å². The lowest BCUT2D eigenvalue weighted by molar-refractivity contribution is -0.121. The average Bonchev–Trinajstić information content (AvgIpc) is 4.12. The minimum absolute atomic E-state index is 0.0159. The summed E-state index contributed by atoms with van der Waals surface area (Å²) in [7, 11) is 8.09. The Hall–Kier alpha value is -8.09. The van der Waals surface area contributed by atoms with E-state index < -0.39 is 41.4 Å². The number of carbonyl (C=O) groups excluding carboxylic acids is 8. The highest BCUT2D eigenvalue weighted by molar-refractivity contribution is 6.04. The first-order valence-corrected chi connectivity index (χ1v) is 21.9. The first-order chi connectivity index (χ1) is 32.5. The summed E-state index contributed by atoms with van der Waals surface area (Å²) in [5.74, 6) is -3.23. The predicted octanol–water partition coefficient (Wildman–Crippen LogP) is 0.731. The Kier molecular flexibility index (Phi) is 18.3. The molecule has 25 heteroatoms. The fraction of sp³-hybridized carbons (Fsp3) is 0.419. The van der Waals surface area contributed by atoms with E-state index in [0.717, 1.165) is 32.1 Å². The molecule has 0 aromatic carbocycles. The van der Waals surface area contributed by atoms with Crippen molar-refractivity contribution in [2.24, 2.45) is 41.0 Å². The predicted molar refractivity (Wildman–Crippen MR) is 250 cm³/mol. The molecule has 25 nitrogen and oxygen atoms in total. The molecule has 364 valence electrons. The minimum atomic E-state index is -0.624. The second-order valence-corrected chi connectivity index (χ2v) is 15.9. The first kappa shape index (κ1) is 50.9. The van der Waals surface area contributed by atoms with Gasteiger partial charge in [-0.15, -0.1) is 0 Å². The van der Waals surface area contributed by atoms with E-state index in [1.54, 1.807) is 52.2 Å². The van der Waals surface area contributed by atoms with Gasteiger partial charge in [-0.1, -0.05) is 19.3 Å². The lowest BCUT2D eigenvalue weighted by Gasteiger charge is -2.07. The molecule has 0 aliphatic rings. The van der Waals surface area contributed by atoms with Crippen LogP contribution in [0.5, 0.6) is 0 Å². The molecule has 5 heterocycles. The smallest absolute Gasteiger partial charge is 0.291 e. The van der Waals surface area contributed by atoms with Crippen LogP contribution in [0.4, 0.5) is 23.0 Å². The van der Waals surface area contributed by atoms with Crippen LogP contribution in [0.3, 0.4) is 0 Å². The Morgan fingerprint density at radius 1 is 0.471 bits per heavy atom. The van der Waals surface area contributed by atoms with Gasteiger partial charge >= 0.3 is 0 Å². The molecule has 0 fully saturated rings. The SMILES string of the molecule is Cn1cc(NC(=O)c2nc(NC(=O)CCNC(=O)c3cc(NC(=O)c4nccn4C)cn3C)cn2C)cc1C(=O)NCCC(=O)Nc1cn(C)c(C(=O)NCCC(=O)NCCCCCCCN)n1. The van der Waals surface area contributed by atoms with Crippen LogP contribution in [0.25, 0.3) is 0 Å². The molecule has 0 unspecified atom stereocenters. The van der Waals surface area contributed by atoms with Gasteiger partial charge in [-0.3, -0.25) is 38.4 Å². The molecule has 0 radical (unpaired) electrons. The highest BCUT2D eigenvalue weighted by atomic mass is 16.2. The summed E-state index contributed by atoms with van der Waals surface area (Å²) in [5.41, 5.74) is 6.61. The zero-order valence-electron chi connectivity index (χ0n) is 38.7. The Bertz CT molecular complexity index is 2610. The number of carbonyl (C=O) groups is 8. The van der Waals surface area contributed by atoms with Crippen molar-refractivity contribution in [3.63, 3.8) is 0 Å². The van der Waals surface area contributed by atoms with Crippen molar-refractivity contribution >= 4 is 70.3 Å². The Balaban J connectivity index is 0.993. The quantitative estimate of drug-likeness (QED) is 0.0366. The van der Waals surface area contributed by atoms with Crippen LogP contribution in [-0.4, -0.2) is 118 Å². The monoisotopic (exact) mass is 941 g/mol.